The number of para-hydroxylation sites is 1. The van der Waals surface area contributed by atoms with Crippen molar-refractivity contribution in [1.29, 1.82) is 0 Å². The highest BCUT2D eigenvalue weighted by molar-refractivity contribution is 5.87. The largest absolute Gasteiger partial charge is 0.455 e. The first-order valence-electron chi connectivity index (χ1n) is 6.84. The Morgan fingerprint density at radius 3 is 2.77 bits per heavy atom. The third kappa shape index (κ3) is 4.56. The van der Waals surface area contributed by atoms with Crippen LogP contribution in [0.3, 0.4) is 0 Å². The minimum atomic E-state index is -0.0840. The number of likely N-dealkylation sites (tertiary alicyclic amines) is 1. The molecule has 1 fully saturated rings. The molecular formula is C15H20ClN3O3. The number of furan rings is 1. The number of hydrogen-bond donors (Lipinski definition) is 1. The number of benzene rings is 1. The normalized spacial score (nSPS) is 14.7. The van der Waals surface area contributed by atoms with Crippen LogP contribution < -0.4 is 5.43 Å². The van der Waals surface area contributed by atoms with E-state index in [1.807, 2.05) is 30.3 Å². The number of rotatable bonds is 4. The molecular weight excluding hydrogens is 306 g/mol. The monoisotopic (exact) mass is 325 g/mol. The van der Waals surface area contributed by atoms with Gasteiger partial charge in [-0.3, -0.25) is 9.69 Å². The maximum Gasteiger partial charge on any atom is 0.254 e. The van der Waals surface area contributed by atoms with Crippen molar-refractivity contribution >= 4 is 35.5 Å². The van der Waals surface area contributed by atoms with Gasteiger partial charge in [-0.05, 0) is 38.1 Å². The summed E-state index contributed by atoms with van der Waals surface area (Å²) in [5, 5.41) is 4.96. The summed E-state index contributed by atoms with van der Waals surface area (Å²) in [7, 11) is 0. The molecule has 1 saturated heterocycles. The predicted molar refractivity (Wildman–Crippen MR) is 88.5 cm³/mol. The number of nitrogens with zero attached hydrogens (tertiary/aromatic N) is 2. The molecule has 0 saturated carbocycles. The smallest absolute Gasteiger partial charge is 0.254 e. The van der Waals surface area contributed by atoms with E-state index in [1.165, 1.54) is 19.1 Å². The summed E-state index contributed by atoms with van der Waals surface area (Å²) in [5.41, 5.74) is 3.35. The van der Waals surface area contributed by atoms with Crippen molar-refractivity contribution in [2.24, 2.45) is 5.10 Å². The second kappa shape index (κ2) is 8.53. The van der Waals surface area contributed by atoms with Crippen LogP contribution in [-0.4, -0.2) is 42.1 Å². The van der Waals surface area contributed by atoms with E-state index in [1.54, 1.807) is 0 Å². The van der Waals surface area contributed by atoms with E-state index >= 15 is 0 Å². The number of fused-ring (bicyclic) bond motifs is 1. The summed E-state index contributed by atoms with van der Waals surface area (Å²) in [5.74, 6) is 0.548. The minimum absolute atomic E-state index is 0. The van der Waals surface area contributed by atoms with Crippen LogP contribution in [0.2, 0.25) is 0 Å². The van der Waals surface area contributed by atoms with E-state index in [4.69, 9.17) is 4.42 Å². The molecule has 0 bridgehead atoms. The van der Waals surface area contributed by atoms with Crippen LogP contribution in [0.5, 0.6) is 0 Å². The second-order valence-electron chi connectivity index (χ2n) is 4.96. The molecule has 1 aliphatic rings. The van der Waals surface area contributed by atoms with Gasteiger partial charge in [0.25, 0.3) is 5.91 Å². The number of carbonyl (C=O) groups excluding carboxylic acids is 1. The summed E-state index contributed by atoms with van der Waals surface area (Å²) in [6.45, 7) is 2.42. The van der Waals surface area contributed by atoms with E-state index in [0.717, 1.165) is 24.1 Å². The first-order chi connectivity index (χ1) is 9.81. The molecule has 1 amide bonds. The Labute approximate surface area is 134 Å². The highest BCUT2D eigenvalue weighted by Gasteiger charge is 2.14. The Morgan fingerprint density at radius 2 is 2.05 bits per heavy atom. The lowest BCUT2D eigenvalue weighted by atomic mass is 10.2. The average molecular weight is 326 g/mol. The van der Waals surface area contributed by atoms with Crippen molar-refractivity contribution in [1.82, 2.24) is 10.3 Å². The van der Waals surface area contributed by atoms with Gasteiger partial charge in [0.05, 0.1) is 12.8 Å². The van der Waals surface area contributed by atoms with Crippen LogP contribution in [0.1, 0.15) is 18.6 Å². The van der Waals surface area contributed by atoms with Crippen LogP contribution in [0, 0.1) is 0 Å². The molecule has 1 aliphatic heterocycles. The zero-order valence-corrected chi connectivity index (χ0v) is 12.9. The molecule has 0 spiro atoms. The van der Waals surface area contributed by atoms with Gasteiger partial charge in [-0.1, -0.05) is 18.2 Å². The molecule has 120 valence electrons. The van der Waals surface area contributed by atoms with E-state index in [0.29, 0.717) is 12.3 Å². The number of hydrogen-bond acceptors (Lipinski definition) is 4. The zero-order chi connectivity index (χ0) is 13.8. The highest BCUT2D eigenvalue weighted by atomic mass is 35.5. The van der Waals surface area contributed by atoms with Crippen LogP contribution in [-0.2, 0) is 4.79 Å². The number of carbonyl (C=O) groups is 1. The molecule has 3 N–H and O–H groups in total. The SMILES string of the molecule is Cl.O.O=C(CN1CCCC1)N/N=C/c1cc2ccccc2o1. The molecule has 2 heterocycles. The number of amides is 1. The zero-order valence-electron chi connectivity index (χ0n) is 12.1. The maximum atomic E-state index is 11.7. The molecule has 1 aromatic heterocycles. The first kappa shape index (κ1) is 18.2. The van der Waals surface area contributed by atoms with Gasteiger partial charge in [0.15, 0.2) is 0 Å². The van der Waals surface area contributed by atoms with Gasteiger partial charge in [0.2, 0.25) is 0 Å². The molecule has 22 heavy (non-hydrogen) atoms. The van der Waals surface area contributed by atoms with Crippen LogP contribution in [0.4, 0.5) is 0 Å². The second-order valence-corrected chi connectivity index (χ2v) is 4.96. The van der Waals surface area contributed by atoms with Crippen LogP contribution >= 0.6 is 12.4 Å². The Kier molecular flexibility index (Phi) is 7.04. The van der Waals surface area contributed by atoms with Gasteiger partial charge >= 0.3 is 0 Å². The minimum Gasteiger partial charge on any atom is -0.455 e. The number of hydrazone groups is 1. The lowest BCUT2D eigenvalue weighted by Gasteiger charge is -2.11. The third-order valence-electron chi connectivity index (χ3n) is 3.39. The summed E-state index contributed by atoms with van der Waals surface area (Å²) < 4.78 is 5.57. The third-order valence-corrected chi connectivity index (χ3v) is 3.39. The van der Waals surface area contributed by atoms with E-state index < -0.39 is 0 Å². The van der Waals surface area contributed by atoms with Crippen molar-refractivity contribution in [3.63, 3.8) is 0 Å². The average Bonchev–Trinajstić information content (AvgIpc) is 3.07. The summed E-state index contributed by atoms with van der Waals surface area (Å²) in [6.07, 6.45) is 3.88. The number of halogens is 1. The van der Waals surface area contributed by atoms with Gasteiger partial charge in [-0.25, -0.2) is 5.43 Å². The van der Waals surface area contributed by atoms with Crippen LogP contribution in [0.25, 0.3) is 11.0 Å². The van der Waals surface area contributed by atoms with Gasteiger partial charge in [0, 0.05) is 5.39 Å². The fourth-order valence-corrected chi connectivity index (χ4v) is 2.41. The fourth-order valence-electron chi connectivity index (χ4n) is 2.41. The Morgan fingerprint density at radius 1 is 1.32 bits per heavy atom. The molecule has 0 atom stereocenters. The Balaban J connectivity index is 0.00000121. The number of nitrogens with one attached hydrogen (secondary N) is 1. The van der Waals surface area contributed by atoms with Gasteiger partial charge in [-0.15, -0.1) is 12.4 Å². The standard InChI is InChI=1S/C15H17N3O2.ClH.H2O/c19-15(11-18-7-3-4-8-18)17-16-10-13-9-12-5-1-2-6-14(12)20-13;;/h1-2,5-6,9-10H,3-4,7-8,11H2,(H,17,19);1H;1H2/b16-10+;;. The molecule has 3 rings (SSSR count). The lowest BCUT2D eigenvalue weighted by Crippen LogP contribution is -2.33. The van der Waals surface area contributed by atoms with Crippen molar-refractivity contribution in [2.75, 3.05) is 19.6 Å². The van der Waals surface area contributed by atoms with Gasteiger partial charge in [-0.2, -0.15) is 5.10 Å². The molecule has 0 aliphatic carbocycles. The van der Waals surface area contributed by atoms with Crippen molar-refractivity contribution in [3.05, 3.63) is 36.1 Å². The topological polar surface area (TPSA) is 89.3 Å². The molecule has 0 unspecified atom stereocenters. The van der Waals surface area contributed by atoms with Gasteiger partial charge in [0.1, 0.15) is 11.3 Å². The Hall–Kier alpha value is -1.89. The first-order valence-corrected chi connectivity index (χ1v) is 6.84. The van der Waals surface area contributed by atoms with Crippen molar-refractivity contribution < 1.29 is 14.7 Å². The van der Waals surface area contributed by atoms with Gasteiger partial charge < -0.3 is 9.89 Å². The molecule has 6 nitrogen and oxygen atoms in total. The van der Waals surface area contributed by atoms with Crippen molar-refractivity contribution in [3.8, 4) is 0 Å². The van der Waals surface area contributed by atoms with E-state index in [9.17, 15) is 4.79 Å². The molecule has 7 heteroatoms. The van der Waals surface area contributed by atoms with E-state index in [-0.39, 0.29) is 23.8 Å². The molecule has 2 aromatic rings. The molecule has 0 radical (unpaired) electrons. The maximum absolute atomic E-state index is 11.7. The van der Waals surface area contributed by atoms with Crippen LogP contribution in [0.15, 0.2) is 39.9 Å². The summed E-state index contributed by atoms with van der Waals surface area (Å²) >= 11 is 0. The molecule has 1 aromatic carbocycles. The van der Waals surface area contributed by atoms with Crippen molar-refractivity contribution in [2.45, 2.75) is 12.8 Å². The summed E-state index contributed by atoms with van der Waals surface area (Å²) in [6, 6.07) is 9.65. The lowest BCUT2D eigenvalue weighted by molar-refractivity contribution is -0.121. The fraction of sp³-hybridized carbons (Fsp3) is 0.333. The highest BCUT2D eigenvalue weighted by Crippen LogP contribution is 2.17. The Bertz CT molecular complexity index is 603. The van der Waals surface area contributed by atoms with E-state index in [2.05, 4.69) is 15.4 Å². The summed E-state index contributed by atoms with van der Waals surface area (Å²) in [4.78, 5) is 13.8. The predicted octanol–water partition coefficient (Wildman–Crippen LogP) is 1.58. The quantitative estimate of drug-likeness (QED) is 0.683.